The highest BCUT2D eigenvalue weighted by Crippen LogP contribution is 2.04. The summed E-state index contributed by atoms with van der Waals surface area (Å²) in [5.41, 5.74) is 1.29. The first-order valence-corrected chi connectivity index (χ1v) is 6.21. The Morgan fingerprint density at radius 1 is 1.21 bits per heavy atom. The SMILES string of the molecule is CN(C)C(=O)n1nnc(CCCc2ccccc2)n1. The van der Waals surface area contributed by atoms with E-state index in [0.717, 1.165) is 24.1 Å². The third-order valence-corrected chi connectivity index (χ3v) is 2.72. The van der Waals surface area contributed by atoms with Crippen molar-refractivity contribution in [3.05, 3.63) is 41.7 Å². The summed E-state index contributed by atoms with van der Waals surface area (Å²) in [4.78, 5) is 14.0. The monoisotopic (exact) mass is 259 g/mol. The molecule has 0 aliphatic carbocycles. The van der Waals surface area contributed by atoms with Gasteiger partial charge in [0.2, 0.25) is 0 Å². The van der Waals surface area contributed by atoms with Gasteiger partial charge < -0.3 is 4.90 Å². The number of carbonyl (C=O) groups is 1. The van der Waals surface area contributed by atoms with Crippen LogP contribution in [0.1, 0.15) is 17.8 Å². The second-order valence-electron chi connectivity index (χ2n) is 4.51. The largest absolute Gasteiger partial charge is 0.362 e. The van der Waals surface area contributed by atoms with E-state index >= 15 is 0 Å². The lowest BCUT2D eigenvalue weighted by Gasteiger charge is -2.06. The highest BCUT2D eigenvalue weighted by atomic mass is 16.2. The molecular formula is C13H17N5O. The number of rotatable bonds is 4. The number of amides is 1. The molecule has 0 saturated carbocycles. The molecule has 19 heavy (non-hydrogen) atoms. The van der Waals surface area contributed by atoms with Gasteiger partial charge in [-0.1, -0.05) is 35.1 Å². The predicted octanol–water partition coefficient (Wildman–Crippen LogP) is 1.38. The van der Waals surface area contributed by atoms with Crippen molar-refractivity contribution < 1.29 is 4.79 Å². The first-order valence-electron chi connectivity index (χ1n) is 6.21. The fraction of sp³-hybridized carbons (Fsp3) is 0.385. The lowest BCUT2D eigenvalue weighted by atomic mass is 10.1. The zero-order valence-corrected chi connectivity index (χ0v) is 11.2. The van der Waals surface area contributed by atoms with Crippen LogP contribution >= 0.6 is 0 Å². The minimum atomic E-state index is -0.290. The summed E-state index contributed by atoms with van der Waals surface area (Å²) in [6.45, 7) is 0. The van der Waals surface area contributed by atoms with Gasteiger partial charge in [0, 0.05) is 20.5 Å². The smallest absolute Gasteiger partial charge is 0.328 e. The van der Waals surface area contributed by atoms with Crippen LogP contribution in [-0.4, -0.2) is 45.2 Å². The molecule has 6 heteroatoms. The van der Waals surface area contributed by atoms with E-state index in [2.05, 4.69) is 27.5 Å². The van der Waals surface area contributed by atoms with Crippen LogP contribution in [0, 0.1) is 0 Å². The average molecular weight is 259 g/mol. The Morgan fingerprint density at radius 2 is 1.95 bits per heavy atom. The normalized spacial score (nSPS) is 10.4. The fourth-order valence-corrected chi connectivity index (χ4v) is 1.70. The molecule has 1 aromatic heterocycles. The Labute approximate surface area is 112 Å². The topological polar surface area (TPSA) is 63.9 Å². The number of tetrazole rings is 1. The molecule has 0 unspecified atom stereocenters. The van der Waals surface area contributed by atoms with E-state index in [-0.39, 0.29) is 6.03 Å². The summed E-state index contributed by atoms with van der Waals surface area (Å²) in [6.07, 6.45) is 2.62. The van der Waals surface area contributed by atoms with Crippen molar-refractivity contribution in [3.63, 3.8) is 0 Å². The summed E-state index contributed by atoms with van der Waals surface area (Å²) in [5, 5.41) is 11.7. The highest BCUT2D eigenvalue weighted by molar-refractivity contribution is 5.73. The molecule has 0 spiro atoms. The van der Waals surface area contributed by atoms with Crippen LogP contribution in [-0.2, 0) is 12.8 Å². The minimum absolute atomic E-state index is 0.290. The standard InChI is InChI=1S/C13H17N5O/c1-17(2)13(19)18-15-12(14-16-18)10-6-9-11-7-4-3-5-8-11/h3-5,7-8H,6,9-10H2,1-2H3. The van der Waals surface area contributed by atoms with Gasteiger partial charge in [-0.3, -0.25) is 0 Å². The first-order chi connectivity index (χ1) is 9.16. The number of aryl methyl sites for hydroxylation is 2. The Bertz CT molecular complexity index is 535. The van der Waals surface area contributed by atoms with E-state index < -0.39 is 0 Å². The zero-order valence-electron chi connectivity index (χ0n) is 11.2. The number of hydrogen-bond donors (Lipinski definition) is 0. The quantitative estimate of drug-likeness (QED) is 0.832. The minimum Gasteiger partial charge on any atom is -0.328 e. The van der Waals surface area contributed by atoms with Crippen LogP contribution in [0.2, 0.25) is 0 Å². The molecule has 1 heterocycles. The van der Waals surface area contributed by atoms with Gasteiger partial charge in [-0.2, -0.15) is 0 Å². The number of carbonyl (C=O) groups excluding carboxylic acids is 1. The molecule has 1 amide bonds. The zero-order chi connectivity index (χ0) is 13.7. The van der Waals surface area contributed by atoms with Gasteiger partial charge in [-0.15, -0.1) is 10.2 Å². The average Bonchev–Trinajstić information content (AvgIpc) is 2.88. The van der Waals surface area contributed by atoms with E-state index in [9.17, 15) is 4.79 Å². The van der Waals surface area contributed by atoms with E-state index in [4.69, 9.17) is 0 Å². The number of hydrogen-bond acceptors (Lipinski definition) is 4. The third kappa shape index (κ3) is 3.61. The maximum atomic E-state index is 11.6. The molecule has 0 N–H and O–H groups in total. The molecule has 0 bridgehead atoms. The molecule has 100 valence electrons. The predicted molar refractivity (Wildman–Crippen MR) is 70.8 cm³/mol. The second kappa shape index (κ2) is 6.08. The first kappa shape index (κ1) is 13.2. The molecule has 0 radical (unpaired) electrons. The van der Waals surface area contributed by atoms with Gasteiger partial charge in [0.1, 0.15) is 0 Å². The Balaban J connectivity index is 1.85. The van der Waals surface area contributed by atoms with Gasteiger partial charge in [-0.05, 0) is 23.6 Å². The van der Waals surface area contributed by atoms with Crippen LogP contribution < -0.4 is 0 Å². The van der Waals surface area contributed by atoms with Crippen LogP contribution in [0.5, 0.6) is 0 Å². The summed E-state index contributed by atoms with van der Waals surface area (Å²) in [6, 6.07) is 9.96. The van der Waals surface area contributed by atoms with Crippen molar-refractivity contribution in [3.8, 4) is 0 Å². The molecule has 0 fully saturated rings. The molecule has 2 rings (SSSR count). The van der Waals surface area contributed by atoms with Crippen LogP contribution in [0.15, 0.2) is 30.3 Å². The summed E-state index contributed by atoms with van der Waals surface area (Å²) in [5.74, 6) is 0.603. The lowest BCUT2D eigenvalue weighted by molar-refractivity contribution is 0.211. The van der Waals surface area contributed by atoms with E-state index in [1.807, 2.05) is 18.2 Å². The molecule has 0 saturated heterocycles. The third-order valence-electron chi connectivity index (χ3n) is 2.72. The van der Waals surface area contributed by atoms with Crippen molar-refractivity contribution in [2.45, 2.75) is 19.3 Å². The summed E-state index contributed by atoms with van der Waals surface area (Å²) in [7, 11) is 3.31. The maximum absolute atomic E-state index is 11.6. The van der Waals surface area contributed by atoms with E-state index in [1.54, 1.807) is 14.1 Å². The van der Waals surface area contributed by atoms with Gasteiger partial charge in [0.05, 0.1) is 0 Å². The summed E-state index contributed by atoms with van der Waals surface area (Å²) >= 11 is 0. The van der Waals surface area contributed by atoms with Crippen LogP contribution in [0.4, 0.5) is 4.79 Å². The Kier molecular flexibility index (Phi) is 4.22. The van der Waals surface area contributed by atoms with Crippen LogP contribution in [0.25, 0.3) is 0 Å². The Hall–Kier alpha value is -2.24. The number of nitrogens with zero attached hydrogens (tertiary/aromatic N) is 5. The highest BCUT2D eigenvalue weighted by Gasteiger charge is 2.11. The van der Waals surface area contributed by atoms with Gasteiger partial charge >= 0.3 is 6.03 Å². The van der Waals surface area contributed by atoms with Crippen molar-refractivity contribution in [1.82, 2.24) is 25.1 Å². The van der Waals surface area contributed by atoms with Crippen molar-refractivity contribution in [1.29, 1.82) is 0 Å². The maximum Gasteiger partial charge on any atom is 0.362 e. The Morgan fingerprint density at radius 3 is 2.63 bits per heavy atom. The molecule has 0 atom stereocenters. The van der Waals surface area contributed by atoms with Gasteiger partial charge in [0.15, 0.2) is 5.82 Å². The lowest BCUT2D eigenvalue weighted by Crippen LogP contribution is -2.29. The molecule has 1 aromatic carbocycles. The summed E-state index contributed by atoms with van der Waals surface area (Å²) < 4.78 is 0. The fourth-order valence-electron chi connectivity index (χ4n) is 1.70. The van der Waals surface area contributed by atoms with E-state index in [1.165, 1.54) is 10.5 Å². The van der Waals surface area contributed by atoms with Crippen molar-refractivity contribution >= 4 is 6.03 Å². The molecule has 0 aliphatic rings. The van der Waals surface area contributed by atoms with E-state index in [0.29, 0.717) is 5.82 Å². The van der Waals surface area contributed by atoms with Crippen molar-refractivity contribution in [2.75, 3.05) is 14.1 Å². The number of aromatic nitrogens is 4. The van der Waals surface area contributed by atoms with Gasteiger partial charge in [-0.25, -0.2) is 4.79 Å². The number of benzene rings is 1. The second-order valence-corrected chi connectivity index (χ2v) is 4.51. The molecular weight excluding hydrogens is 242 g/mol. The van der Waals surface area contributed by atoms with Gasteiger partial charge in [0.25, 0.3) is 0 Å². The molecule has 0 aliphatic heterocycles. The van der Waals surface area contributed by atoms with Crippen molar-refractivity contribution in [2.24, 2.45) is 0 Å². The van der Waals surface area contributed by atoms with Crippen LogP contribution in [0.3, 0.4) is 0 Å². The molecule has 2 aromatic rings. The molecule has 6 nitrogen and oxygen atoms in total.